The molecule has 2 atom stereocenters. The zero-order chi connectivity index (χ0) is 17.4. The van der Waals surface area contributed by atoms with Gasteiger partial charge in [-0.3, -0.25) is 14.9 Å². The molecule has 10 heteroatoms. The van der Waals surface area contributed by atoms with Crippen molar-refractivity contribution in [1.82, 2.24) is 10.1 Å². The zero-order valence-electron chi connectivity index (χ0n) is 13.0. The van der Waals surface area contributed by atoms with E-state index >= 15 is 0 Å². The summed E-state index contributed by atoms with van der Waals surface area (Å²) in [5, 5.41) is 17.1. The summed E-state index contributed by atoms with van der Waals surface area (Å²) in [6.45, 7) is 0.958. The third kappa shape index (κ3) is 3.23. The van der Waals surface area contributed by atoms with Gasteiger partial charge in [-0.1, -0.05) is 5.16 Å². The van der Waals surface area contributed by atoms with E-state index < -0.39 is 6.04 Å². The topological polar surface area (TPSA) is 130 Å². The Labute approximate surface area is 141 Å². The second-order valence-corrected chi connectivity index (χ2v) is 5.83. The first-order chi connectivity index (χ1) is 12.1. The van der Waals surface area contributed by atoms with Crippen LogP contribution in [0, 0.1) is 10.1 Å². The Bertz CT molecular complexity index is 835. The Hall–Kier alpha value is -3.17. The van der Waals surface area contributed by atoms with Crippen LogP contribution in [0.2, 0.25) is 0 Å². The van der Waals surface area contributed by atoms with Gasteiger partial charge in [0.05, 0.1) is 6.42 Å². The van der Waals surface area contributed by atoms with Crippen molar-refractivity contribution in [2.24, 2.45) is 0 Å². The molecule has 2 aromatic rings. The number of amides is 1. The number of nitrogens with one attached hydrogen (secondary N) is 1. The fraction of sp³-hybridized carbons (Fsp3) is 0.400. The maximum atomic E-state index is 12.1. The van der Waals surface area contributed by atoms with Crippen LogP contribution >= 0.6 is 0 Å². The number of nitro groups is 1. The fourth-order valence-electron chi connectivity index (χ4n) is 2.64. The Kier molecular flexibility index (Phi) is 3.71. The summed E-state index contributed by atoms with van der Waals surface area (Å²) >= 11 is 0. The third-order valence-corrected chi connectivity index (χ3v) is 3.97. The van der Waals surface area contributed by atoms with Crippen molar-refractivity contribution in [2.45, 2.75) is 24.8 Å². The molecule has 130 valence electrons. The molecule has 0 spiro atoms. The monoisotopic (exact) mass is 346 g/mol. The summed E-state index contributed by atoms with van der Waals surface area (Å²) in [6.07, 6.45) is 0.297. The normalized spacial score (nSPS) is 20.8. The van der Waals surface area contributed by atoms with E-state index in [1.807, 2.05) is 0 Å². The highest BCUT2D eigenvalue weighted by Crippen LogP contribution is 2.41. The lowest BCUT2D eigenvalue weighted by molar-refractivity contribution is -0.496. The number of ether oxygens (including phenoxy) is 2. The SMILES string of the molecule is O=C(Cc1noc([C@H]2C[C@H]2[N+](=O)[O-])n1)Nc1ccc2c(c1)OCCO2. The van der Waals surface area contributed by atoms with Crippen molar-refractivity contribution in [2.75, 3.05) is 18.5 Å². The molecule has 1 amide bonds. The van der Waals surface area contributed by atoms with Crippen LogP contribution in [0.5, 0.6) is 11.5 Å². The summed E-state index contributed by atoms with van der Waals surface area (Å²) in [5.74, 6) is 0.938. The number of carbonyl (C=O) groups excluding carboxylic acids is 1. The highest BCUT2D eigenvalue weighted by atomic mass is 16.6. The molecule has 25 heavy (non-hydrogen) atoms. The van der Waals surface area contributed by atoms with E-state index in [-0.39, 0.29) is 34.9 Å². The number of nitrogens with zero attached hydrogens (tertiary/aromatic N) is 3. The standard InChI is InChI=1S/C15H14N4O6/c20-14(16-8-1-2-11-12(5-8)24-4-3-23-11)7-13-17-15(25-18-13)9-6-10(9)19(21)22/h1-2,5,9-10H,3-4,6-7H2,(H,16,20)/t9-,10+/m0/s1. The van der Waals surface area contributed by atoms with Crippen LogP contribution in [0.3, 0.4) is 0 Å². The Morgan fingerprint density at radius 1 is 1.32 bits per heavy atom. The molecule has 1 aromatic heterocycles. The third-order valence-electron chi connectivity index (χ3n) is 3.97. The molecule has 1 aliphatic heterocycles. The minimum atomic E-state index is -0.667. The van der Waals surface area contributed by atoms with Crippen LogP contribution in [0.25, 0.3) is 0 Å². The summed E-state index contributed by atoms with van der Waals surface area (Å²) < 4.78 is 15.9. The van der Waals surface area contributed by atoms with E-state index in [0.717, 1.165) is 0 Å². The molecule has 1 aromatic carbocycles. The van der Waals surface area contributed by atoms with Crippen molar-refractivity contribution in [3.63, 3.8) is 0 Å². The second-order valence-electron chi connectivity index (χ2n) is 5.83. The van der Waals surface area contributed by atoms with E-state index in [4.69, 9.17) is 14.0 Å². The highest BCUT2D eigenvalue weighted by molar-refractivity contribution is 5.92. The van der Waals surface area contributed by atoms with E-state index in [1.165, 1.54) is 0 Å². The van der Waals surface area contributed by atoms with Gasteiger partial charge in [0.25, 0.3) is 0 Å². The van der Waals surface area contributed by atoms with Crippen molar-refractivity contribution >= 4 is 11.6 Å². The first-order valence-electron chi connectivity index (χ1n) is 7.75. The number of carbonyl (C=O) groups is 1. The van der Waals surface area contributed by atoms with Gasteiger partial charge in [-0.25, -0.2) is 0 Å². The van der Waals surface area contributed by atoms with Crippen molar-refractivity contribution in [3.8, 4) is 11.5 Å². The first-order valence-corrected chi connectivity index (χ1v) is 7.75. The van der Waals surface area contributed by atoms with Crippen molar-refractivity contribution in [1.29, 1.82) is 0 Å². The summed E-state index contributed by atoms with van der Waals surface area (Å²) in [6, 6.07) is 4.44. The molecule has 4 rings (SSSR count). The van der Waals surface area contributed by atoms with E-state index in [0.29, 0.717) is 36.8 Å². The Morgan fingerprint density at radius 2 is 2.12 bits per heavy atom. The van der Waals surface area contributed by atoms with Gasteiger partial charge >= 0.3 is 0 Å². The van der Waals surface area contributed by atoms with Gasteiger partial charge in [0, 0.05) is 23.1 Å². The molecule has 1 fully saturated rings. The van der Waals surface area contributed by atoms with Crippen LogP contribution in [0.15, 0.2) is 22.7 Å². The van der Waals surface area contributed by atoms with Crippen LogP contribution in [-0.4, -0.2) is 40.2 Å². The van der Waals surface area contributed by atoms with Crippen LogP contribution in [0.1, 0.15) is 24.1 Å². The Morgan fingerprint density at radius 3 is 2.88 bits per heavy atom. The molecule has 1 saturated carbocycles. The molecule has 0 unspecified atom stereocenters. The quantitative estimate of drug-likeness (QED) is 0.630. The van der Waals surface area contributed by atoms with Gasteiger partial charge < -0.3 is 19.3 Å². The van der Waals surface area contributed by atoms with Gasteiger partial charge in [0.15, 0.2) is 17.3 Å². The number of anilines is 1. The fourth-order valence-corrected chi connectivity index (χ4v) is 2.64. The van der Waals surface area contributed by atoms with Gasteiger partial charge in [-0.15, -0.1) is 0 Å². The molecule has 1 N–H and O–H groups in total. The smallest absolute Gasteiger partial charge is 0.236 e. The lowest BCUT2D eigenvalue weighted by atomic mass is 10.2. The summed E-state index contributed by atoms with van der Waals surface area (Å²) in [4.78, 5) is 26.5. The minimum Gasteiger partial charge on any atom is -0.486 e. The average Bonchev–Trinajstić information content (AvgIpc) is 3.28. The van der Waals surface area contributed by atoms with Crippen LogP contribution in [-0.2, 0) is 11.2 Å². The zero-order valence-corrected chi connectivity index (χ0v) is 13.0. The van der Waals surface area contributed by atoms with Crippen molar-refractivity contribution < 1.29 is 23.7 Å². The lowest BCUT2D eigenvalue weighted by Gasteiger charge is -2.18. The molecular formula is C15H14N4O6. The van der Waals surface area contributed by atoms with Gasteiger partial charge in [-0.05, 0) is 12.1 Å². The maximum absolute atomic E-state index is 12.1. The second kappa shape index (κ2) is 6.04. The highest BCUT2D eigenvalue weighted by Gasteiger charge is 2.53. The predicted octanol–water partition coefficient (Wildman–Crippen LogP) is 1.15. The van der Waals surface area contributed by atoms with E-state index in [2.05, 4.69) is 15.5 Å². The number of hydrogen-bond donors (Lipinski definition) is 1. The van der Waals surface area contributed by atoms with Gasteiger partial charge in [-0.2, -0.15) is 4.98 Å². The molecule has 2 aliphatic rings. The van der Waals surface area contributed by atoms with Crippen LogP contribution < -0.4 is 14.8 Å². The summed E-state index contributed by atoms with van der Waals surface area (Å²) in [7, 11) is 0. The number of benzene rings is 1. The number of aromatic nitrogens is 2. The lowest BCUT2D eigenvalue weighted by Crippen LogP contribution is -2.17. The maximum Gasteiger partial charge on any atom is 0.236 e. The van der Waals surface area contributed by atoms with Crippen molar-refractivity contribution in [3.05, 3.63) is 40.0 Å². The number of hydrogen-bond acceptors (Lipinski definition) is 8. The van der Waals surface area contributed by atoms with Crippen LogP contribution in [0.4, 0.5) is 5.69 Å². The molecular weight excluding hydrogens is 332 g/mol. The Balaban J connectivity index is 1.36. The minimum absolute atomic E-state index is 0.0895. The van der Waals surface area contributed by atoms with Gasteiger partial charge in [0.1, 0.15) is 19.1 Å². The van der Waals surface area contributed by atoms with E-state index in [1.54, 1.807) is 18.2 Å². The first kappa shape index (κ1) is 15.4. The van der Waals surface area contributed by atoms with Gasteiger partial charge in [0.2, 0.25) is 17.8 Å². The molecule has 0 radical (unpaired) electrons. The molecule has 0 bridgehead atoms. The average molecular weight is 346 g/mol. The predicted molar refractivity (Wildman–Crippen MR) is 82.2 cm³/mol. The molecule has 0 saturated heterocycles. The number of rotatable bonds is 5. The summed E-state index contributed by atoms with van der Waals surface area (Å²) in [5.41, 5.74) is 0.563. The molecule has 1 aliphatic carbocycles. The number of fused-ring (bicyclic) bond motifs is 1. The largest absolute Gasteiger partial charge is 0.486 e. The molecule has 2 heterocycles. The van der Waals surface area contributed by atoms with E-state index in [9.17, 15) is 14.9 Å². The molecule has 10 nitrogen and oxygen atoms in total.